The van der Waals surface area contributed by atoms with Crippen molar-refractivity contribution < 1.29 is 18.0 Å². The fourth-order valence-electron chi connectivity index (χ4n) is 3.83. The molecule has 3 rings (SSSR count). The number of unbranched alkanes of at least 4 members (excludes halogenated alkanes) is 1. The smallest absolute Gasteiger partial charge is 0.264 e. The summed E-state index contributed by atoms with van der Waals surface area (Å²) >= 11 is 18.6. The van der Waals surface area contributed by atoms with Crippen molar-refractivity contribution in [2.24, 2.45) is 0 Å². The van der Waals surface area contributed by atoms with Crippen LogP contribution in [0, 0.1) is 0 Å². The Morgan fingerprint density at radius 1 is 0.923 bits per heavy atom. The van der Waals surface area contributed by atoms with Crippen molar-refractivity contribution in [3.8, 4) is 0 Å². The summed E-state index contributed by atoms with van der Waals surface area (Å²) in [7, 11) is -4.17. The van der Waals surface area contributed by atoms with Crippen LogP contribution in [0.5, 0.6) is 0 Å². The zero-order valence-corrected chi connectivity index (χ0v) is 24.7. The molecule has 0 radical (unpaired) electrons. The zero-order chi connectivity index (χ0) is 28.6. The molecule has 0 fully saturated rings. The van der Waals surface area contributed by atoms with Gasteiger partial charge in [0.05, 0.1) is 10.6 Å². The van der Waals surface area contributed by atoms with Crippen LogP contribution in [0.25, 0.3) is 0 Å². The Balaban J connectivity index is 2.01. The standard InChI is InChI=1S/C28H30Cl3N3O4S/c1-3-4-15-32-28(36)20(2)33(18-21-13-14-23(30)17-26(21)31)27(35)19-34(24-10-8-9-22(29)16-24)39(37,38)25-11-6-5-7-12-25/h5-14,16-17,20H,3-4,15,18-19H2,1-2H3,(H,32,36)/t20-/m1/s1. The second-order valence-corrected chi connectivity index (χ2v) is 12.0. The number of benzene rings is 3. The van der Waals surface area contributed by atoms with Crippen molar-refractivity contribution in [3.05, 3.63) is 93.4 Å². The highest BCUT2D eigenvalue weighted by Crippen LogP contribution is 2.28. The van der Waals surface area contributed by atoms with Crippen LogP contribution in [0.4, 0.5) is 5.69 Å². The largest absolute Gasteiger partial charge is 0.354 e. The van der Waals surface area contributed by atoms with E-state index in [0.717, 1.165) is 17.1 Å². The molecule has 2 amide bonds. The van der Waals surface area contributed by atoms with E-state index in [-0.39, 0.29) is 23.0 Å². The van der Waals surface area contributed by atoms with Crippen molar-refractivity contribution in [2.75, 3.05) is 17.4 Å². The van der Waals surface area contributed by atoms with E-state index >= 15 is 0 Å². The SMILES string of the molecule is CCCCNC(=O)[C@@H](C)N(Cc1ccc(Cl)cc1Cl)C(=O)CN(c1cccc(Cl)c1)S(=O)(=O)c1ccccc1. The van der Waals surface area contributed by atoms with Crippen molar-refractivity contribution in [2.45, 2.75) is 44.2 Å². The summed E-state index contributed by atoms with van der Waals surface area (Å²) in [6, 6.07) is 18.0. The molecule has 0 unspecified atom stereocenters. The Bertz CT molecular complexity index is 1400. The van der Waals surface area contributed by atoms with Crippen molar-refractivity contribution in [1.82, 2.24) is 10.2 Å². The number of carbonyl (C=O) groups excluding carboxylic acids is 2. The summed E-state index contributed by atoms with van der Waals surface area (Å²) in [5, 5.41) is 3.89. The normalized spacial score (nSPS) is 12.0. The van der Waals surface area contributed by atoms with Gasteiger partial charge >= 0.3 is 0 Å². The molecule has 0 aromatic heterocycles. The Morgan fingerprint density at radius 3 is 2.26 bits per heavy atom. The Morgan fingerprint density at radius 2 is 1.62 bits per heavy atom. The first-order chi connectivity index (χ1) is 18.5. The van der Waals surface area contributed by atoms with Gasteiger partial charge in [-0.3, -0.25) is 13.9 Å². The van der Waals surface area contributed by atoms with E-state index in [1.54, 1.807) is 61.5 Å². The Kier molecular flexibility index (Phi) is 11.1. The molecule has 0 spiro atoms. The minimum atomic E-state index is -4.17. The Labute approximate surface area is 244 Å². The molecule has 0 aliphatic heterocycles. The van der Waals surface area contributed by atoms with Crippen LogP contribution >= 0.6 is 34.8 Å². The molecule has 0 bridgehead atoms. The van der Waals surface area contributed by atoms with E-state index in [4.69, 9.17) is 34.8 Å². The minimum absolute atomic E-state index is 0.00966. The third-order valence-electron chi connectivity index (χ3n) is 6.06. The van der Waals surface area contributed by atoms with Gasteiger partial charge in [0.2, 0.25) is 11.8 Å². The van der Waals surface area contributed by atoms with E-state index in [2.05, 4.69) is 5.32 Å². The quantitative estimate of drug-likeness (QED) is 0.248. The van der Waals surface area contributed by atoms with Gasteiger partial charge in [-0.2, -0.15) is 0 Å². The van der Waals surface area contributed by atoms with Crippen molar-refractivity contribution in [3.63, 3.8) is 0 Å². The number of nitrogens with zero attached hydrogens (tertiary/aromatic N) is 2. The summed E-state index contributed by atoms with van der Waals surface area (Å²) < 4.78 is 28.4. The molecule has 1 N–H and O–H groups in total. The van der Waals surface area contributed by atoms with Crippen molar-refractivity contribution in [1.29, 1.82) is 0 Å². The van der Waals surface area contributed by atoms with Crippen LogP contribution in [-0.2, 0) is 26.2 Å². The summed E-state index contributed by atoms with van der Waals surface area (Å²) in [5.41, 5.74) is 0.770. The Hall–Kier alpha value is -2.78. The molecule has 11 heteroatoms. The molecule has 0 saturated carbocycles. The second-order valence-electron chi connectivity index (χ2n) is 8.88. The zero-order valence-electron chi connectivity index (χ0n) is 21.6. The number of hydrogen-bond acceptors (Lipinski definition) is 4. The molecule has 0 aliphatic rings. The maximum Gasteiger partial charge on any atom is 0.264 e. The van der Waals surface area contributed by atoms with Gasteiger partial charge in [0.15, 0.2) is 0 Å². The van der Waals surface area contributed by atoms with Gasteiger partial charge < -0.3 is 10.2 Å². The lowest BCUT2D eigenvalue weighted by Gasteiger charge is -2.32. The first kappa shape index (κ1) is 30.8. The highest BCUT2D eigenvalue weighted by molar-refractivity contribution is 7.92. The van der Waals surface area contributed by atoms with Crippen LogP contribution < -0.4 is 9.62 Å². The summed E-state index contributed by atoms with van der Waals surface area (Å²) in [4.78, 5) is 28.2. The third-order valence-corrected chi connectivity index (χ3v) is 8.67. The number of carbonyl (C=O) groups is 2. The first-order valence-corrected chi connectivity index (χ1v) is 15.0. The number of amides is 2. The number of halogens is 3. The van der Waals surface area contributed by atoms with Crippen molar-refractivity contribution >= 4 is 62.3 Å². The molecule has 0 aliphatic carbocycles. The predicted octanol–water partition coefficient (Wildman–Crippen LogP) is 6.18. The summed E-state index contributed by atoms with van der Waals surface area (Å²) in [6.45, 7) is 3.45. The lowest BCUT2D eigenvalue weighted by Crippen LogP contribution is -2.51. The van der Waals surface area contributed by atoms with Gasteiger partial charge in [0.1, 0.15) is 12.6 Å². The van der Waals surface area contributed by atoms with Gasteiger partial charge in [-0.15, -0.1) is 0 Å². The van der Waals surface area contributed by atoms with Gasteiger partial charge in [-0.1, -0.05) is 78.5 Å². The van der Waals surface area contributed by atoms with Crippen LogP contribution in [0.3, 0.4) is 0 Å². The van der Waals surface area contributed by atoms with E-state index in [1.165, 1.54) is 23.1 Å². The number of nitrogens with one attached hydrogen (secondary N) is 1. The summed E-state index contributed by atoms with van der Waals surface area (Å²) in [5.74, 6) is -0.958. The first-order valence-electron chi connectivity index (χ1n) is 12.4. The molecule has 39 heavy (non-hydrogen) atoms. The van der Waals surface area contributed by atoms with Gasteiger partial charge in [-0.25, -0.2) is 8.42 Å². The van der Waals surface area contributed by atoms with Crippen LogP contribution in [0.15, 0.2) is 77.7 Å². The molecule has 3 aromatic carbocycles. The highest BCUT2D eigenvalue weighted by Gasteiger charge is 2.32. The average Bonchev–Trinajstić information content (AvgIpc) is 2.91. The molecule has 0 saturated heterocycles. The lowest BCUT2D eigenvalue weighted by molar-refractivity contribution is -0.139. The van der Waals surface area contributed by atoms with E-state index in [1.807, 2.05) is 6.92 Å². The molecule has 208 valence electrons. The fourth-order valence-corrected chi connectivity index (χ4v) is 5.91. The maximum atomic E-state index is 13.9. The maximum absolute atomic E-state index is 13.9. The van der Waals surface area contributed by atoms with Crippen LogP contribution in [0.2, 0.25) is 15.1 Å². The minimum Gasteiger partial charge on any atom is -0.354 e. The van der Waals surface area contributed by atoms with Gasteiger partial charge in [0, 0.05) is 28.2 Å². The van der Waals surface area contributed by atoms with Crippen LogP contribution in [0.1, 0.15) is 32.3 Å². The topological polar surface area (TPSA) is 86.8 Å². The van der Waals surface area contributed by atoms with E-state index < -0.39 is 28.5 Å². The van der Waals surface area contributed by atoms with Gasteiger partial charge in [0.25, 0.3) is 10.0 Å². The average molecular weight is 611 g/mol. The molecular formula is C28H30Cl3N3O4S. The van der Waals surface area contributed by atoms with E-state index in [0.29, 0.717) is 27.2 Å². The number of sulfonamides is 1. The lowest BCUT2D eigenvalue weighted by atomic mass is 10.1. The highest BCUT2D eigenvalue weighted by atomic mass is 35.5. The fraction of sp³-hybridized carbons (Fsp3) is 0.286. The molecule has 3 aromatic rings. The van der Waals surface area contributed by atoms with Gasteiger partial charge in [-0.05, 0) is 61.4 Å². The third kappa shape index (κ3) is 8.11. The predicted molar refractivity (Wildman–Crippen MR) is 157 cm³/mol. The molecule has 7 nitrogen and oxygen atoms in total. The number of anilines is 1. The monoisotopic (exact) mass is 609 g/mol. The molecule has 0 heterocycles. The summed E-state index contributed by atoms with van der Waals surface area (Å²) in [6.07, 6.45) is 1.68. The van der Waals surface area contributed by atoms with Crippen LogP contribution in [-0.4, -0.2) is 44.3 Å². The molecule has 1 atom stereocenters. The number of rotatable bonds is 12. The second kappa shape index (κ2) is 14.0. The number of hydrogen-bond donors (Lipinski definition) is 1. The van der Waals surface area contributed by atoms with E-state index in [9.17, 15) is 18.0 Å². The molecular weight excluding hydrogens is 581 g/mol.